The van der Waals surface area contributed by atoms with Crippen LogP contribution in [0.5, 0.6) is 5.75 Å². The van der Waals surface area contributed by atoms with Crippen LogP contribution in [0, 0.1) is 11.7 Å². The van der Waals surface area contributed by atoms with Crippen LogP contribution in [0.15, 0.2) is 24.4 Å². The summed E-state index contributed by atoms with van der Waals surface area (Å²) in [6.45, 7) is 3.70. The maximum atomic E-state index is 14.0. The summed E-state index contributed by atoms with van der Waals surface area (Å²) in [6, 6.07) is 4.98. The number of H-pyrrole nitrogens is 1. The number of benzene rings is 1. The van der Waals surface area contributed by atoms with Gasteiger partial charge in [-0.05, 0) is 43.5 Å². The molecule has 130 valence electrons. The molecule has 2 heterocycles. The molecule has 1 saturated heterocycles. The first-order valence-electron chi connectivity index (χ1n) is 8.28. The third-order valence-electron chi connectivity index (χ3n) is 4.56. The van der Waals surface area contributed by atoms with Crippen LogP contribution in [-0.4, -0.2) is 49.0 Å². The molecule has 1 aromatic carbocycles. The van der Waals surface area contributed by atoms with E-state index in [2.05, 4.69) is 15.1 Å². The molecule has 1 aliphatic rings. The summed E-state index contributed by atoms with van der Waals surface area (Å²) in [5.41, 5.74) is 2.73. The zero-order chi connectivity index (χ0) is 16.9. The van der Waals surface area contributed by atoms with E-state index in [-0.39, 0.29) is 11.6 Å². The molecule has 1 fully saturated rings. The van der Waals surface area contributed by atoms with Gasteiger partial charge in [0, 0.05) is 31.3 Å². The van der Waals surface area contributed by atoms with Gasteiger partial charge in [-0.15, -0.1) is 0 Å². The van der Waals surface area contributed by atoms with E-state index < -0.39 is 0 Å². The fraction of sp³-hybridized carbons (Fsp3) is 0.500. The van der Waals surface area contributed by atoms with Gasteiger partial charge in [-0.25, -0.2) is 4.39 Å². The SMILES string of the molecule is COC[C@H]1CCCN(Cc2cn[nH]c2-c2ccc(OC)c(F)c2)C1. The van der Waals surface area contributed by atoms with Crippen molar-refractivity contribution in [1.82, 2.24) is 15.1 Å². The number of hydrogen-bond acceptors (Lipinski definition) is 4. The zero-order valence-electron chi connectivity index (χ0n) is 14.2. The van der Waals surface area contributed by atoms with Crippen LogP contribution in [0.4, 0.5) is 4.39 Å². The van der Waals surface area contributed by atoms with Gasteiger partial charge in [-0.2, -0.15) is 5.10 Å². The van der Waals surface area contributed by atoms with Gasteiger partial charge in [-0.3, -0.25) is 10.00 Å². The van der Waals surface area contributed by atoms with Gasteiger partial charge >= 0.3 is 0 Å². The van der Waals surface area contributed by atoms with Crippen LogP contribution in [0.25, 0.3) is 11.3 Å². The Morgan fingerprint density at radius 1 is 1.38 bits per heavy atom. The molecule has 6 heteroatoms. The maximum Gasteiger partial charge on any atom is 0.165 e. The molecule has 0 spiro atoms. The van der Waals surface area contributed by atoms with Gasteiger partial charge in [0.15, 0.2) is 11.6 Å². The summed E-state index contributed by atoms with van der Waals surface area (Å²) in [4.78, 5) is 2.42. The maximum absolute atomic E-state index is 14.0. The lowest BCUT2D eigenvalue weighted by molar-refractivity contribution is 0.0874. The number of aromatic nitrogens is 2. The van der Waals surface area contributed by atoms with Gasteiger partial charge in [0.25, 0.3) is 0 Å². The smallest absolute Gasteiger partial charge is 0.165 e. The highest BCUT2D eigenvalue weighted by atomic mass is 19.1. The molecule has 0 bridgehead atoms. The van der Waals surface area contributed by atoms with Gasteiger partial charge in [-0.1, -0.05) is 0 Å². The van der Waals surface area contributed by atoms with Crippen molar-refractivity contribution in [1.29, 1.82) is 0 Å². The third-order valence-corrected chi connectivity index (χ3v) is 4.56. The fourth-order valence-electron chi connectivity index (χ4n) is 3.41. The van der Waals surface area contributed by atoms with Crippen LogP contribution in [-0.2, 0) is 11.3 Å². The van der Waals surface area contributed by atoms with E-state index in [1.165, 1.54) is 26.0 Å². The van der Waals surface area contributed by atoms with E-state index in [0.717, 1.165) is 43.1 Å². The summed E-state index contributed by atoms with van der Waals surface area (Å²) in [6.07, 6.45) is 4.22. The summed E-state index contributed by atoms with van der Waals surface area (Å²) in [7, 11) is 3.22. The predicted molar refractivity (Wildman–Crippen MR) is 90.4 cm³/mol. The number of likely N-dealkylation sites (tertiary alicyclic amines) is 1. The molecular formula is C18H24FN3O2. The Bertz CT molecular complexity index is 672. The van der Waals surface area contributed by atoms with Crippen molar-refractivity contribution < 1.29 is 13.9 Å². The van der Waals surface area contributed by atoms with Crippen molar-refractivity contribution in [3.8, 4) is 17.0 Å². The third kappa shape index (κ3) is 3.76. The summed E-state index contributed by atoms with van der Waals surface area (Å²) < 4.78 is 24.3. The van der Waals surface area contributed by atoms with Crippen LogP contribution in [0.1, 0.15) is 18.4 Å². The van der Waals surface area contributed by atoms with E-state index in [4.69, 9.17) is 9.47 Å². The Labute approximate surface area is 141 Å². The minimum Gasteiger partial charge on any atom is -0.494 e. The fourth-order valence-corrected chi connectivity index (χ4v) is 3.41. The Kier molecular flexibility index (Phi) is 5.48. The molecule has 0 unspecified atom stereocenters. The lowest BCUT2D eigenvalue weighted by Crippen LogP contribution is -2.36. The molecule has 0 amide bonds. The Balaban J connectivity index is 1.74. The predicted octanol–water partition coefficient (Wildman–Crippen LogP) is 3.08. The van der Waals surface area contributed by atoms with E-state index in [1.807, 2.05) is 12.3 Å². The van der Waals surface area contributed by atoms with Crippen molar-refractivity contribution in [2.24, 2.45) is 5.92 Å². The second kappa shape index (κ2) is 7.77. The molecule has 0 saturated carbocycles. The molecule has 2 aromatic rings. The topological polar surface area (TPSA) is 50.4 Å². The van der Waals surface area contributed by atoms with Gasteiger partial charge in [0.2, 0.25) is 0 Å². The van der Waals surface area contributed by atoms with Crippen molar-refractivity contribution in [2.75, 3.05) is 33.9 Å². The number of nitrogens with one attached hydrogen (secondary N) is 1. The largest absolute Gasteiger partial charge is 0.494 e. The molecule has 0 radical (unpaired) electrons. The number of rotatable bonds is 6. The number of aromatic amines is 1. The minimum absolute atomic E-state index is 0.248. The number of methoxy groups -OCH3 is 2. The first-order valence-corrected chi connectivity index (χ1v) is 8.28. The van der Waals surface area contributed by atoms with Gasteiger partial charge in [0.05, 0.1) is 25.6 Å². The molecule has 1 aliphatic heterocycles. The average molecular weight is 333 g/mol. The molecular weight excluding hydrogens is 309 g/mol. The standard InChI is InChI=1S/C18H24FN3O2/c1-23-12-13-4-3-7-22(10-13)11-15-9-20-21-18(15)14-5-6-17(24-2)16(19)8-14/h5-6,8-9,13H,3-4,7,10-12H2,1-2H3,(H,20,21)/t13-/m0/s1. The molecule has 3 rings (SSSR count). The number of halogens is 1. The molecule has 24 heavy (non-hydrogen) atoms. The van der Waals surface area contributed by atoms with E-state index in [9.17, 15) is 4.39 Å². The highest BCUT2D eigenvalue weighted by molar-refractivity contribution is 5.63. The van der Waals surface area contributed by atoms with Crippen LogP contribution < -0.4 is 4.74 Å². The second-order valence-electron chi connectivity index (χ2n) is 6.32. The van der Waals surface area contributed by atoms with Gasteiger partial charge in [0.1, 0.15) is 0 Å². The monoisotopic (exact) mass is 333 g/mol. The van der Waals surface area contributed by atoms with Gasteiger partial charge < -0.3 is 9.47 Å². The highest BCUT2D eigenvalue weighted by Gasteiger charge is 2.21. The number of piperidine rings is 1. The first kappa shape index (κ1) is 16.9. The van der Waals surface area contributed by atoms with Crippen LogP contribution in [0.2, 0.25) is 0 Å². The van der Waals surface area contributed by atoms with E-state index in [1.54, 1.807) is 13.2 Å². The lowest BCUT2D eigenvalue weighted by atomic mass is 9.98. The van der Waals surface area contributed by atoms with Crippen molar-refractivity contribution >= 4 is 0 Å². The molecule has 0 aliphatic carbocycles. The Morgan fingerprint density at radius 2 is 2.25 bits per heavy atom. The summed E-state index contributed by atoms with van der Waals surface area (Å²) in [5, 5.41) is 7.17. The van der Waals surface area contributed by atoms with Crippen LogP contribution in [0.3, 0.4) is 0 Å². The average Bonchev–Trinajstić information content (AvgIpc) is 3.03. The second-order valence-corrected chi connectivity index (χ2v) is 6.32. The lowest BCUT2D eigenvalue weighted by Gasteiger charge is -2.32. The van der Waals surface area contributed by atoms with E-state index in [0.29, 0.717) is 5.92 Å². The van der Waals surface area contributed by atoms with Crippen LogP contribution >= 0.6 is 0 Å². The van der Waals surface area contributed by atoms with E-state index >= 15 is 0 Å². The Morgan fingerprint density at radius 3 is 3.00 bits per heavy atom. The summed E-state index contributed by atoms with van der Waals surface area (Å²) in [5.74, 6) is 0.462. The van der Waals surface area contributed by atoms with Crippen molar-refractivity contribution in [3.63, 3.8) is 0 Å². The minimum atomic E-state index is -0.367. The zero-order valence-corrected chi connectivity index (χ0v) is 14.2. The van der Waals surface area contributed by atoms with Crippen molar-refractivity contribution in [2.45, 2.75) is 19.4 Å². The molecule has 5 nitrogen and oxygen atoms in total. The first-order chi connectivity index (χ1) is 11.7. The summed E-state index contributed by atoms with van der Waals surface area (Å²) >= 11 is 0. The highest BCUT2D eigenvalue weighted by Crippen LogP contribution is 2.28. The molecule has 1 aromatic heterocycles. The number of nitrogens with zero attached hydrogens (tertiary/aromatic N) is 2. The quantitative estimate of drug-likeness (QED) is 0.883. The number of ether oxygens (including phenoxy) is 2. The normalized spacial score (nSPS) is 18.7. The Hall–Kier alpha value is -1.92. The molecule has 1 atom stereocenters. The molecule has 1 N–H and O–H groups in total. The van der Waals surface area contributed by atoms with Crippen molar-refractivity contribution in [3.05, 3.63) is 35.8 Å². The number of hydrogen-bond donors (Lipinski definition) is 1.